The van der Waals surface area contributed by atoms with Crippen molar-refractivity contribution in [1.82, 2.24) is 10.2 Å². The fourth-order valence-corrected chi connectivity index (χ4v) is 2.31. The van der Waals surface area contributed by atoms with Gasteiger partial charge in [-0.2, -0.15) is 0 Å². The predicted octanol–water partition coefficient (Wildman–Crippen LogP) is 1.36. The molecule has 1 N–H and O–H groups in total. The summed E-state index contributed by atoms with van der Waals surface area (Å²) in [5.74, 6) is -1.17. The van der Waals surface area contributed by atoms with Gasteiger partial charge < -0.3 is 5.32 Å². The van der Waals surface area contributed by atoms with Crippen molar-refractivity contribution in [2.24, 2.45) is 0 Å². The van der Waals surface area contributed by atoms with Crippen LogP contribution in [-0.2, 0) is 4.79 Å². The molecule has 0 aromatic heterocycles. The van der Waals surface area contributed by atoms with E-state index in [-0.39, 0.29) is 5.91 Å². The lowest BCUT2D eigenvalue weighted by Crippen LogP contribution is -2.48. The maximum absolute atomic E-state index is 12.3. The molecule has 0 spiro atoms. The molecule has 1 aliphatic rings. The van der Waals surface area contributed by atoms with Gasteiger partial charge in [-0.15, -0.1) is 6.58 Å². The molecule has 20 heavy (non-hydrogen) atoms. The Hall–Kier alpha value is -2.43. The second kappa shape index (κ2) is 5.69. The molecule has 1 heterocycles. The molecule has 1 aromatic carbocycles. The Labute approximate surface area is 117 Å². The number of allylic oxidation sites excluding steroid dienone is 1. The fraction of sp³-hybridized carbons (Fsp3) is 0.267. The SMILES string of the molecule is C=CCCC(C(=O)NC)N1C(=O)c2ccccc2C1=O. The van der Waals surface area contributed by atoms with Gasteiger partial charge >= 0.3 is 0 Å². The third-order valence-corrected chi connectivity index (χ3v) is 3.33. The lowest BCUT2D eigenvalue weighted by atomic mass is 10.1. The molecular formula is C15H16N2O3. The van der Waals surface area contributed by atoms with Crippen molar-refractivity contribution in [1.29, 1.82) is 0 Å². The fourth-order valence-electron chi connectivity index (χ4n) is 2.31. The Balaban J connectivity index is 2.36. The van der Waals surface area contributed by atoms with E-state index in [0.29, 0.717) is 24.0 Å². The summed E-state index contributed by atoms with van der Waals surface area (Å²) in [6, 6.07) is 5.80. The van der Waals surface area contributed by atoms with Gasteiger partial charge in [0.2, 0.25) is 5.91 Å². The smallest absolute Gasteiger partial charge is 0.262 e. The van der Waals surface area contributed by atoms with E-state index in [1.165, 1.54) is 7.05 Å². The average molecular weight is 272 g/mol. The number of nitrogens with one attached hydrogen (secondary N) is 1. The quantitative estimate of drug-likeness (QED) is 0.650. The van der Waals surface area contributed by atoms with Crippen molar-refractivity contribution in [2.75, 3.05) is 7.05 Å². The van der Waals surface area contributed by atoms with Crippen LogP contribution >= 0.6 is 0 Å². The standard InChI is InChI=1S/C15H16N2O3/c1-3-4-9-12(13(18)16-2)17-14(19)10-7-5-6-8-11(10)15(17)20/h3,5-8,12H,1,4,9H2,2H3,(H,16,18). The highest BCUT2D eigenvalue weighted by atomic mass is 16.2. The summed E-state index contributed by atoms with van der Waals surface area (Å²) in [7, 11) is 1.49. The number of imide groups is 1. The number of carbonyl (C=O) groups is 3. The highest BCUT2D eigenvalue weighted by Gasteiger charge is 2.41. The first-order chi connectivity index (χ1) is 9.61. The van der Waals surface area contributed by atoms with Crippen LogP contribution in [-0.4, -0.2) is 35.7 Å². The summed E-state index contributed by atoms with van der Waals surface area (Å²) in [6.45, 7) is 3.60. The van der Waals surface area contributed by atoms with Crippen LogP contribution in [0.1, 0.15) is 33.6 Å². The Morgan fingerprint density at radius 1 is 1.30 bits per heavy atom. The maximum atomic E-state index is 12.3. The van der Waals surface area contributed by atoms with Crippen LogP contribution in [0.15, 0.2) is 36.9 Å². The summed E-state index contributed by atoms with van der Waals surface area (Å²) in [4.78, 5) is 37.7. The van der Waals surface area contributed by atoms with Gasteiger partial charge in [0.1, 0.15) is 6.04 Å². The van der Waals surface area contributed by atoms with E-state index in [9.17, 15) is 14.4 Å². The van der Waals surface area contributed by atoms with E-state index < -0.39 is 17.9 Å². The van der Waals surface area contributed by atoms with E-state index in [4.69, 9.17) is 0 Å². The maximum Gasteiger partial charge on any atom is 0.262 e. The molecule has 1 aromatic rings. The van der Waals surface area contributed by atoms with Crippen molar-refractivity contribution >= 4 is 17.7 Å². The summed E-state index contributed by atoms with van der Waals surface area (Å²) in [5, 5.41) is 2.50. The van der Waals surface area contributed by atoms with Crippen LogP contribution in [0.4, 0.5) is 0 Å². The molecule has 104 valence electrons. The number of benzene rings is 1. The van der Waals surface area contributed by atoms with Gasteiger partial charge in [0.05, 0.1) is 11.1 Å². The Bertz CT molecular complexity index is 545. The van der Waals surface area contributed by atoms with Crippen molar-refractivity contribution in [2.45, 2.75) is 18.9 Å². The normalized spacial score (nSPS) is 14.9. The molecule has 0 aliphatic carbocycles. The number of nitrogens with zero attached hydrogens (tertiary/aromatic N) is 1. The van der Waals surface area contributed by atoms with Gasteiger partial charge in [-0.05, 0) is 25.0 Å². The minimum Gasteiger partial charge on any atom is -0.357 e. The predicted molar refractivity (Wildman–Crippen MR) is 74.2 cm³/mol. The minimum atomic E-state index is -0.801. The number of rotatable bonds is 5. The van der Waals surface area contributed by atoms with Gasteiger partial charge in [-0.25, -0.2) is 0 Å². The van der Waals surface area contributed by atoms with E-state index in [1.54, 1.807) is 30.3 Å². The third-order valence-electron chi connectivity index (χ3n) is 3.33. The zero-order valence-corrected chi connectivity index (χ0v) is 11.3. The molecule has 3 amide bonds. The zero-order chi connectivity index (χ0) is 14.7. The lowest BCUT2D eigenvalue weighted by Gasteiger charge is -2.24. The molecule has 5 heteroatoms. The number of hydrogen-bond acceptors (Lipinski definition) is 3. The van der Waals surface area contributed by atoms with Crippen LogP contribution < -0.4 is 5.32 Å². The summed E-state index contributed by atoms with van der Waals surface area (Å²) in [6.07, 6.45) is 2.58. The van der Waals surface area contributed by atoms with Crippen LogP contribution in [0.5, 0.6) is 0 Å². The largest absolute Gasteiger partial charge is 0.357 e. The molecule has 2 rings (SSSR count). The molecule has 0 bridgehead atoms. The van der Waals surface area contributed by atoms with Crippen LogP contribution in [0.25, 0.3) is 0 Å². The van der Waals surface area contributed by atoms with Crippen molar-refractivity contribution in [3.63, 3.8) is 0 Å². The summed E-state index contributed by atoms with van der Waals surface area (Å²) < 4.78 is 0. The molecule has 1 atom stereocenters. The van der Waals surface area contributed by atoms with Gasteiger partial charge in [-0.1, -0.05) is 18.2 Å². The number of fused-ring (bicyclic) bond motifs is 1. The monoisotopic (exact) mass is 272 g/mol. The number of likely N-dealkylation sites (N-methyl/N-ethyl adjacent to an activating group) is 1. The Kier molecular flexibility index (Phi) is 3.98. The van der Waals surface area contributed by atoms with E-state index >= 15 is 0 Å². The van der Waals surface area contributed by atoms with E-state index in [0.717, 1.165) is 4.90 Å². The van der Waals surface area contributed by atoms with Crippen LogP contribution in [0, 0.1) is 0 Å². The van der Waals surface area contributed by atoms with Crippen molar-refractivity contribution < 1.29 is 14.4 Å². The van der Waals surface area contributed by atoms with Crippen LogP contribution in [0.2, 0.25) is 0 Å². The average Bonchev–Trinajstić information content (AvgIpc) is 2.73. The third kappa shape index (κ3) is 2.22. The first-order valence-corrected chi connectivity index (χ1v) is 6.41. The summed E-state index contributed by atoms with van der Waals surface area (Å²) >= 11 is 0. The summed E-state index contributed by atoms with van der Waals surface area (Å²) in [5.41, 5.74) is 0.704. The topological polar surface area (TPSA) is 66.5 Å². The first-order valence-electron chi connectivity index (χ1n) is 6.41. The second-order valence-electron chi connectivity index (χ2n) is 4.52. The van der Waals surface area contributed by atoms with Crippen LogP contribution in [0.3, 0.4) is 0 Å². The molecule has 0 fully saturated rings. The van der Waals surface area contributed by atoms with E-state index in [2.05, 4.69) is 11.9 Å². The molecule has 1 unspecified atom stereocenters. The zero-order valence-electron chi connectivity index (χ0n) is 11.3. The Morgan fingerprint density at radius 2 is 1.85 bits per heavy atom. The minimum absolute atomic E-state index is 0.346. The molecule has 0 saturated heterocycles. The first kappa shape index (κ1) is 14.0. The van der Waals surface area contributed by atoms with Crippen molar-refractivity contribution in [3.8, 4) is 0 Å². The van der Waals surface area contributed by atoms with E-state index in [1.807, 2.05) is 0 Å². The number of hydrogen-bond donors (Lipinski definition) is 1. The molecule has 1 aliphatic heterocycles. The Morgan fingerprint density at radius 3 is 2.30 bits per heavy atom. The second-order valence-corrected chi connectivity index (χ2v) is 4.52. The lowest BCUT2D eigenvalue weighted by molar-refractivity contribution is -0.124. The van der Waals surface area contributed by atoms with Gasteiger partial charge in [0, 0.05) is 7.05 Å². The molecule has 0 saturated carbocycles. The number of amides is 3. The molecular weight excluding hydrogens is 256 g/mol. The number of carbonyl (C=O) groups excluding carboxylic acids is 3. The highest BCUT2D eigenvalue weighted by Crippen LogP contribution is 2.26. The van der Waals surface area contributed by atoms with Gasteiger partial charge in [-0.3, -0.25) is 19.3 Å². The molecule has 0 radical (unpaired) electrons. The van der Waals surface area contributed by atoms with Gasteiger partial charge in [0.25, 0.3) is 11.8 Å². The molecule has 5 nitrogen and oxygen atoms in total. The van der Waals surface area contributed by atoms with Crippen molar-refractivity contribution in [3.05, 3.63) is 48.0 Å². The van der Waals surface area contributed by atoms with Gasteiger partial charge in [0.15, 0.2) is 0 Å². The highest BCUT2D eigenvalue weighted by molar-refractivity contribution is 6.22.